The lowest BCUT2D eigenvalue weighted by molar-refractivity contribution is -0.153. The van der Waals surface area contributed by atoms with Crippen LogP contribution in [0, 0.1) is 0 Å². The van der Waals surface area contributed by atoms with Gasteiger partial charge in [-0.25, -0.2) is 9.98 Å². The van der Waals surface area contributed by atoms with E-state index in [4.69, 9.17) is 24.2 Å². The third kappa shape index (κ3) is 6.47. The number of nitrogens with zero attached hydrogens (tertiary/aromatic N) is 6. The fourth-order valence-corrected chi connectivity index (χ4v) is 6.56. The van der Waals surface area contributed by atoms with Crippen LogP contribution in [-0.4, -0.2) is 60.4 Å². The molecule has 50 heavy (non-hydrogen) atoms. The van der Waals surface area contributed by atoms with Gasteiger partial charge < -0.3 is 24.2 Å². The lowest BCUT2D eigenvalue weighted by Crippen LogP contribution is -2.30. The van der Waals surface area contributed by atoms with Gasteiger partial charge >= 0.3 is 0 Å². The molecule has 0 saturated carbocycles. The molecule has 1 N–H and O–H groups in total. The minimum atomic E-state index is -0.753. The van der Waals surface area contributed by atoms with E-state index >= 15 is 0 Å². The van der Waals surface area contributed by atoms with Crippen molar-refractivity contribution in [2.75, 3.05) is 6.61 Å². The number of ether oxygens (including phenoxy) is 3. The van der Waals surface area contributed by atoms with Crippen molar-refractivity contribution in [2.24, 2.45) is 4.99 Å². The third-order valence-electron chi connectivity index (χ3n) is 9.01. The predicted octanol–water partition coefficient (Wildman–Crippen LogP) is 5.38. The fraction of sp³-hybridized carbons (Fsp3) is 0.231. The molecule has 0 amide bonds. The second-order valence-electron chi connectivity index (χ2n) is 12.4. The molecule has 5 atom stereocenters. The summed E-state index contributed by atoms with van der Waals surface area (Å²) in [6.45, 7) is 1.20. The molecule has 6 aromatic rings. The van der Waals surface area contributed by atoms with E-state index in [9.17, 15) is 9.90 Å². The number of rotatable bonds is 11. The number of aliphatic hydroxyl groups excluding tert-OH is 1. The average molecular weight is 669 g/mol. The summed E-state index contributed by atoms with van der Waals surface area (Å²) in [6, 6.07) is 39.7. The first-order valence-electron chi connectivity index (χ1n) is 16.6. The van der Waals surface area contributed by atoms with Gasteiger partial charge in [-0.05, 0) is 16.7 Å². The number of fused-ring (bicyclic) bond motifs is 2. The first-order chi connectivity index (χ1) is 24.6. The summed E-state index contributed by atoms with van der Waals surface area (Å²) < 4.78 is 22.2. The van der Waals surface area contributed by atoms with Crippen LogP contribution in [0.15, 0.2) is 137 Å². The lowest BCUT2D eigenvalue weighted by Gasteiger charge is -2.21. The van der Waals surface area contributed by atoms with Crippen molar-refractivity contribution in [1.29, 1.82) is 0 Å². The quantitative estimate of drug-likeness (QED) is 0.145. The SMILES string of the molecule is O=c1c2ncn([C@@H]3O[C@H](CO)[C@H]4OC(c5ccccc5)O[C@H]43)c2nc(/N=C/N(Cc2ccccc2)Cc2ccccc2)n1Cc1ccccc1. The molecule has 11 nitrogen and oxygen atoms in total. The minimum Gasteiger partial charge on any atom is -0.394 e. The summed E-state index contributed by atoms with van der Waals surface area (Å²) in [5, 5.41) is 10.2. The minimum absolute atomic E-state index is 0.177. The molecule has 2 aromatic heterocycles. The largest absolute Gasteiger partial charge is 0.394 e. The summed E-state index contributed by atoms with van der Waals surface area (Å²) in [6.07, 6.45) is 0.150. The number of benzene rings is 4. The Balaban J connectivity index is 1.18. The molecule has 0 spiro atoms. The normalized spacial score (nSPS) is 21.6. The van der Waals surface area contributed by atoms with Crippen molar-refractivity contribution in [3.8, 4) is 0 Å². The Hall–Kier alpha value is -5.46. The lowest BCUT2D eigenvalue weighted by atomic mass is 10.1. The predicted molar refractivity (Wildman–Crippen MR) is 188 cm³/mol. The molecule has 0 bridgehead atoms. The van der Waals surface area contributed by atoms with E-state index in [1.807, 2.05) is 97.1 Å². The summed E-state index contributed by atoms with van der Waals surface area (Å²) in [5.41, 5.74) is 4.18. The molecule has 0 radical (unpaired) electrons. The van der Waals surface area contributed by atoms with E-state index in [1.54, 1.807) is 15.5 Å². The first-order valence-corrected chi connectivity index (χ1v) is 16.6. The van der Waals surface area contributed by atoms with E-state index in [0.29, 0.717) is 18.7 Å². The third-order valence-corrected chi connectivity index (χ3v) is 9.01. The number of aliphatic hydroxyl groups is 1. The van der Waals surface area contributed by atoms with Crippen molar-refractivity contribution in [3.05, 3.63) is 160 Å². The van der Waals surface area contributed by atoms with Crippen LogP contribution in [0.25, 0.3) is 11.2 Å². The van der Waals surface area contributed by atoms with Gasteiger partial charge in [0.25, 0.3) is 5.56 Å². The highest BCUT2D eigenvalue weighted by atomic mass is 16.8. The van der Waals surface area contributed by atoms with E-state index in [0.717, 1.165) is 22.3 Å². The standard InChI is InChI=1S/C39H36N6O5/c46-24-31-33-34(50-38(49-33)30-19-11-4-12-20-30)37(48-31)45-26-40-32-35(45)42-39(44(36(32)47)23-29-17-9-3-10-18-29)41-25-43(21-27-13-5-1-6-14-27)22-28-15-7-2-8-16-28/h1-20,25-26,31,33-34,37-38,46H,21-24H2/b41-25+/t31-,33-,34-,37-,38?/m1/s1. The monoisotopic (exact) mass is 668 g/mol. The van der Waals surface area contributed by atoms with Gasteiger partial charge in [0.1, 0.15) is 18.3 Å². The molecule has 252 valence electrons. The van der Waals surface area contributed by atoms with Crippen LogP contribution >= 0.6 is 0 Å². The van der Waals surface area contributed by atoms with Gasteiger partial charge in [0.05, 0.1) is 25.8 Å². The van der Waals surface area contributed by atoms with Crippen LogP contribution in [0.4, 0.5) is 5.95 Å². The van der Waals surface area contributed by atoms with Gasteiger partial charge in [-0.2, -0.15) is 4.98 Å². The summed E-state index contributed by atoms with van der Waals surface area (Å²) in [7, 11) is 0. The van der Waals surface area contributed by atoms with Crippen LogP contribution in [0.1, 0.15) is 34.8 Å². The summed E-state index contributed by atoms with van der Waals surface area (Å²) in [4.78, 5) is 30.7. The van der Waals surface area contributed by atoms with Crippen LogP contribution < -0.4 is 5.56 Å². The Kier molecular flexibility index (Phi) is 9.02. The van der Waals surface area contributed by atoms with Gasteiger partial charge in [0, 0.05) is 18.7 Å². The second-order valence-corrected chi connectivity index (χ2v) is 12.4. The number of hydrogen-bond donors (Lipinski definition) is 1. The van der Waals surface area contributed by atoms with Crippen molar-refractivity contribution in [1.82, 2.24) is 24.0 Å². The number of aromatic nitrogens is 4. The van der Waals surface area contributed by atoms with Crippen molar-refractivity contribution >= 4 is 23.5 Å². The Labute approximate surface area is 288 Å². The molecule has 8 rings (SSSR count). The van der Waals surface area contributed by atoms with Gasteiger partial charge in [-0.1, -0.05) is 121 Å². The van der Waals surface area contributed by atoms with Crippen LogP contribution in [-0.2, 0) is 33.8 Å². The van der Waals surface area contributed by atoms with E-state index in [1.165, 1.54) is 6.33 Å². The maximum absolute atomic E-state index is 14.2. The molecular formula is C39H36N6O5. The molecule has 4 aromatic carbocycles. The second kappa shape index (κ2) is 14.2. The van der Waals surface area contributed by atoms with E-state index in [2.05, 4.69) is 34.1 Å². The number of aliphatic imine (C=N–C) groups is 1. The van der Waals surface area contributed by atoms with Gasteiger partial charge in [0.15, 0.2) is 23.7 Å². The highest BCUT2D eigenvalue weighted by Gasteiger charge is 2.54. The Morgan fingerprint density at radius 2 is 1.34 bits per heavy atom. The molecule has 4 heterocycles. The maximum atomic E-state index is 14.2. The molecule has 1 unspecified atom stereocenters. The summed E-state index contributed by atoms with van der Waals surface area (Å²) >= 11 is 0. The van der Waals surface area contributed by atoms with Crippen LogP contribution in [0.3, 0.4) is 0 Å². The van der Waals surface area contributed by atoms with Crippen molar-refractivity contribution in [2.45, 2.75) is 50.5 Å². The van der Waals surface area contributed by atoms with Gasteiger partial charge in [-0.15, -0.1) is 0 Å². The van der Waals surface area contributed by atoms with E-state index in [-0.39, 0.29) is 30.2 Å². The van der Waals surface area contributed by atoms with E-state index < -0.39 is 30.8 Å². The first kappa shape index (κ1) is 31.8. The Bertz CT molecular complexity index is 2080. The van der Waals surface area contributed by atoms with Gasteiger partial charge in [-0.3, -0.25) is 13.9 Å². The smallest absolute Gasteiger partial charge is 0.283 e. The van der Waals surface area contributed by atoms with Crippen LogP contribution in [0.5, 0.6) is 0 Å². The Morgan fingerprint density at radius 3 is 1.96 bits per heavy atom. The molecule has 2 fully saturated rings. The van der Waals surface area contributed by atoms with Gasteiger partial charge in [0.2, 0.25) is 5.95 Å². The van der Waals surface area contributed by atoms with Crippen LogP contribution in [0.2, 0.25) is 0 Å². The summed E-state index contributed by atoms with van der Waals surface area (Å²) in [5.74, 6) is 0.221. The average Bonchev–Trinajstić information content (AvgIpc) is 3.88. The molecular weight excluding hydrogens is 632 g/mol. The fourth-order valence-electron chi connectivity index (χ4n) is 6.56. The maximum Gasteiger partial charge on any atom is 0.283 e. The zero-order chi connectivity index (χ0) is 33.9. The van der Waals surface area contributed by atoms with Crippen molar-refractivity contribution < 1.29 is 19.3 Å². The highest BCUT2D eigenvalue weighted by molar-refractivity contribution is 5.72. The number of hydrogen-bond acceptors (Lipinski definition) is 8. The number of imidazole rings is 1. The molecule has 2 aliphatic heterocycles. The Morgan fingerprint density at radius 1 is 0.760 bits per heavy atom. The molecule has 0 aliphatic carbocycles. The van der Waals surface area contributed by atoms with Crippen molar-refractivity contribution in [3.63, 3.8) is 0 Å². The zero-order valence-corrected chi connectivity index (χ0v) is 27.2. The molecule has 2 saturated heterocycles. The molecule has 2 aliphatic rings. The highest BCUT2D eigenvalue weighted by Crippen LogP contribution is 2.44. The zero-order valence-electron chi connectivity index (χ0n) is 27.2. The topological polar surface area (TPSA) is 116 Å². The molecule has 11 heteroatoms.